The summed E-state index contributed by atoms with van der Waals surface area (Å²) in [7, 11) is 0. The van der Waals surface area contributed by atoms with E-state index in [0.717, 1.165) is 0 Å². The number of nitro benzene ring substituents is 1. The van der Waals surface area contributed by atoms with Crippen molar-refractivity contribution in [3.63, 3.8) is 0 Å². The quantitative estimate of drug-likeness (QED) is 0.632. The van der Waals surface area contributed by atoms with Crippen LogP contribution in [0.25, 0.3) is 0 Å². The molecule has 1 aromatic carbocycles. The van der Waals surface area contributed by atoms with Gasteiger partial charge in [0.15, 0.2) is 0 Å². The zero-order valence-electron chi connectivity index (χ0n) is 8.62. The lowest BCUT2D eigenvalue weighted by Gasteiger charge is -2.16. The number of nitrogens with zero attached hydrogens (tertiary/aromatic N) is 1. The minimum absolute atomic E-state index is 0.00650. The number of nitro groups is 1. The lowest BCUT2D eigenvalue weighted by molar-refractivity contribution is -0.384. The van der Waals surface area contributed by atoms with Crippen molar-refractivity contribution in [1.29, 1.82) is 0 Å². The Bertz CT molecular complexity index is 429. The number of para-hydroxylation sites is 1. The molecule has 5 nitrogen and oxygen atoms in total. The van der Waals surface area contributed by atoms with Gasteiger partial charge in [-0.05, 0) is 6.07 Å². The average molecular weight is 266 g/mol. The number of hydrogen-bond donors (Lipinski definition) is 2. The Balaban J connectivity index is 2.94. The molecule has 1 rings (SSSR count). The smallest absolute Gasteiger partial charge is 0.293 e. The topological polar surface area (TPSA) is 81.2 Å². The minimum atomic E-state index is -3.15. The predicted octanol–water partition coefficient (Wildman–Crippen LogP) is 2.25. The largest absolute Gasteiger partial charge is 0.372 e. The molecule has 0 aromatic heterocycles. The first-order valence-electron chi connectivity index (χ1n) is 4.62. The molecular weight excluding hydrogens is 256 g/mol. The van der Waals surface area contributed by atoms with Crippen LogP contribution in [-0.2, 0) is 0 Å². The Morgan fingerprint density at radius 2 is 2.18 bits per heavy atom. The van der Waals surface area contributed by atoms with Crippen molar-refractivity contribution in [3.8, 4) is 0 Å². The van der Waals surface area contributed by atoms with E-state index in [0.29, 0.717) is 0 Å². The van der Waals surface area contributed by atoms with Gasteiger partial charge in [0.05, 0.1) is 23.0 Å². The van der Waals surface area contributed by atoms with Gasteiger partial charge in [-0.1, -0.05) is 17.7 Å². The number of hydrogen-bond acceptors (Lipinski definition) is 4. The van der Waals surface area contributed by atoms with Gasteiger partial charge in [0, 0.05) is 6.07 Å². The van der Waals surface area contributed by atoms with Crippen molar-refractivity contribution < 1.29 is 13.7 Å². The van der Waals surface area contributed by atoms with Crippen molar-refractivity contribution in [1.82, 2.24) is 0 Å². The summed E-state index contributed by atoms with van der Waals surface area (Å²) in [6, 6.07) is 3.92. The molecular formula is C9H10ClF2N3O2. The fourth-order valence-corrected chi connectivity index (χ4v) is 1.37. The molecule has 0 unspecified atom stereocenters. The molecule has 94 valence electrons. The molecule has 17 heavy (non-hydrogen) atoms. The average Bonchev–Trinajstić information content (AvgIpc) is 2.27. The van der Waals surface area contributed by atoms with E-state index >= 15 is 0 Å². The maximum absolute atomic E-state index is 12.9. The molecule has 3 N–H and O–H groups in total. The summed E-state index contributed by atoms with van der Waals surface area (Å²) in [6.07, 6.45) is 0. The van der Waals surface area contributed by atoms with Gasteiger partial charge in [0.25, 0.3) is 11.6 Å². The van der Waals surface area contributed by atoms with Crippen LogP contribution in [0.3, 0.4) is 0 Å². The maximum atomic E-state index is 12.9. The Labute approximate surface area is 101 Å². The van der Waals surface area contributed by atoms with E-state index in [1.54, 1.807) is 0 Å². The Hall–Kier alpha value is -1.47. The van der Waals surface area contributed by atoms with Crippen LogP contribution >= 0.6 is 11.6 Å². The van der Waals surface area contributed by atoms with E-state index in [-0.39, 0.29) is 16.4 Å². The monoisotopic (exact) mass is 265 g/mol. The van der Waals surface area contributed by atoms with E-state index in [1.165, 1.54) is 18.2 Å². The number of alkyl halides is 2. The third-order valence-corrected chi connectivity index (χ3v) is 2.33. The van der Waals surface area contributed by atoms with Crippen LogP contribution < -0.4 is 11.1 Å². The van der Waals surface area contributed by atoms with Gasteiger partial charge in [0.2, 0.25) is 0 Å². The minimum Gasteiger partial charge on any atom is -0.372 e. The normalized spacial score (nSPS) is 11.3. The molecule has 0 aliphatic heterocycles. The summed E-state index contributed by atoms with van der Waals surface area (Å²) in [5, 5.41) is 12.9. The molecule has 0 bridgehead atoms. The second kappa shape index (κ2) is 5.24. The van der Waals surface area contributed by atoms with Crippen molar-refractivity contribution in [2.75, 3.05) is 18.4 Å². The Kier molecular flexibility index (Phi) is 4.19. The van der Waals surface area contributed by atoms with Crippen molar-refractivity contribution >= 4 is 23.0 Å². The van der Waals surface area contributed by atoms with E-state index in [4.69, 9.17) is 17.3 Å². The lowest BCUT2D eigenvalue weighted by Crippen LogP contribution is -2.35. The first kappa shape index (κ1) is 13.6. The summed E-state index contributed by atoms with van der Waals surface area (Å²) in [6.45, 7) is -1.66. The summed E-state index contributed by atoms with van der Waals surface area (Å²) in [5.41, 5.74) is 4.36. The highest BCUT2D eigenvalue weighted by molar-refractivity contribution is 6.33. The summed E-state index contributed by atoms with van der Waals surface area (Å²) in [5.74, 6) is -3.15. The van der Waals surface area contributed by atoms with Crippen molar-refractivity contribution in [3.05, 3.63) is 33.3 Å². The predicted molar refractivity (Wildman–Crippen MR) is 60.6 cm³/mol. The van der Waals surface area contributed by atoms with Crippen LogP contribution in [0, 0.1) is 10.1 Å². The van der Waals surface area contributed by atoms with Gasteiger partial charge in [-0.15, -0.1) is 0 Å². The van der Waals surface area contributed by atoms with Gasteiger partial charge in [-0.2, -0.15) is 0 Å². The molecule has 1 aromatic rings. The summed E-state index contributed by atoms with van der Waals surface area (Å²) in [4.78, 5) is 9.96. The molecule has 0 saturated heterocycles. The second-order valence-corrected chi connectivity index (χ2v) is 3.71. The second-order valence-electron chi connectivity index (χ2n) is 3.30. The molecule has 0 radical (unpaired) electrons. The van der Waals surface area contributed by atoms with Crippen molar-refractivity contribution in [2.45, 2.75) is 5.92 Å². The molecule has 0 fully saturated rings. The first-order chi connectivity index (χ1) is 7.87. The zero-order chi connectivity index (χ0) is 13.1. The maximum Gasteiger partial charge on any atom is 0.293 e. The number of halogens is 3. The SMILES string of the molecule is NCC(F)(F)CNc1c(Cl)cccc1[N+](=O)[O-]. The van der Waals surface area contributed by atoms with Crippen LogP contribution in [0.15, 0.2) is 18.2 Å². The van der Waals surface area contributed by atoms with E-state index in [2.05, 4.69) is 5.32 Å². The summed E-state index contributed by atoms with van der Waals surface area (Å²) >= 11 is 5.70. The van der Waals surface area contributed by atoms with Crippen LogP contribution in [0.1, 0.15) is 0 Å². The van der Waals surface area contributed by atoms with Gasteiger partial charge in [0.1, 0.15) is 5.69 Å². The third kappa shape index (κ3) is 3.50. The number of rotatable bonds is 5. The molecule has 0 aliphatic rings. The van der Waals surface area contributed by atoms with Crippen molar-refractivity contribution in [2.24, 2.45) is 5.73 Å². The van der Waals surface area contributed by atoms with E-state index in [1.807, 2.05) is 0 Å². The van der Waals surface area contributed by atoms with Gasteiger partial charge in [-0.3, -0.25) is 10.1 Å². The molecule has 0 amide bonds. The molecule has 0 heterocycles. The Morgan fingerprint density at radius 1 is 1.53 bits per heavy atom. The molecule has 0 aliphatic carbocycles. The highest BCUT2D eigenvalue weighted by Gasteiger charge is 2.28. The van der Waals surface area contributed by atoms with Gasteiger partial charge < -0.3 is 11.1 Å². The van der Waals surface area contributed by atoms with Gasteiger partial charge >= 0.3 is 0 Å². The number of nitrogens with one attached hydrogen (secondary N) is 1. The highest BCUT2D eigenvalue weighted by Crippen LogP contribution is 2.32. The van der Waals surface area contributed by atoms with Crippen LogP contribution in [-0.4, -0.2) is 23.9 Å². The number of nitrogens with two attached hydrogens (primary N) is 1. The summed E-state index contributed by atoms with van der Waals surface area (Å²) < 4.78 is 25.8. The lowest BCUT2D eigenvalue weighted by atomic mass is 10.2. The molecule has 8 heteroatoms. The van der Waals surface area contributed by atoms with E-state index < -0.39 is 23.9 Å². The third-order valence-electron chi connectivity index (χ3n) is 2.01. The van der Waals surface area contributed by atoms with Crippen LogP contribution in [0.5, 0.6) is 0 Å². The number of benzene rings is 1. The van der Waals surface area contributed by atoms with Crippen LogP contribution in [0.4, 0.5) is 20.2 Å². The zero-order valence-corrected chi connectivity index (χ0v) is 9.38. The number of anilines is 1. The molecule has 0 saturated carbocycles. The standard InChI is InChI=1S/C9H10ClF2N3O2/c10-6-2-1-3-7(15(16)17)8(6)14-5-9(11,12)4-13/h1-3,14H,4-5,13H2. The van der Waals surface area contributed by atoms with Crippen LogP contribution in [0.2, 0.25) is 5.02 Å². The van der Waals surface area contributed by atoms with E-state index in [9.17, 15) is 18.9 Å². The Morgan fingerprint density at radius 3 is 2.71 bits per heavy atom. The molecule has 0 atom stereocenters. The fourth-order valence-electron chi connectivity index (χ4n) is 1.13. The first-order valence-corrected chi connectivity index (χ1v) is 5.00. The fraction of sp³-hybridized carbons (Fsp3) is 0.333. The highest BCUT2D eigenvalue weighted by atomic mass is 35.5. The van der Waals surface area contributed by atoms with Gasteiger partial charge in [-0.25, -0.2) is 8.78 Å². The molecule has 0 spiro atoms.